The van der Waals surface area contributed by atoms with Crippen LogP contribution in [0, 0.1) is 5.41 Å². The Morgan fingerprint density at radius 1 is 1.25 bits per heavy atom. The molecule has 1 aromatic heterocycles. The zero-order valence-electron chi connectivity index (χ0n) is 15.2. The number of nitrogens with two attached hydrogens (primary N) is 1. The number of hydrogen-bond donors (Lipinski definition) is 2. The van der Waals surface area contributed by atoms with E-state index in [1.807, 2.05) is 26.1 Å². The van der Waals surface area contributed by atoms with Crippen LogP contribution in [-0.2, 0) is 11.3 Å². The highest BCUT2D eigenvalue weighted by atomic mass is 16.2. The Morgan fingerprint density at radius 3 is 2.50 bits per heavy atom. The molecule has 0 spiro atoms. The molecule has 1 aliphatic heterocycles. The maximum atomic E-state index is 12.5. The van der Waals surface area contributed by atoms with Gasteiger partial charge in [-0.3, -0.25) is 4.79 Å². The molecule has 1 fully saturated rings. The van der Waals surface area contributed by atoms with Crippen LogP contribution in [0.15, 0.2) is 18.3 Å². The number of amides is 1. The van der Waals surface area contributed by atoms with Gasteiger partial charge in [0.05, 0.1) is 5.41 Å². The monoisotopic (exact) mass is 332 g/mol. The first-order valence-electron chi connectivity index (χ1n) is 9.33. The van der Waals surface area contributed by atoms with Gasteiger partial charge in [0.2, 0.25) is 5.91 Å². The Morgan fingerprint density at radius 2 is 1.92 bits per heavy atom. The molecule has 5 heteroatoms. The Labute approximate surface area is 146 Å². The highest BCUT2D eigenvalue weighted by molar-refractivity contribution is 5.82. The highest BCUT2D eigenvalue weighted by Crippen LogP contribution is 2.25. The molecule has 1 aliphatic rings. The summed E-state index contributed by atoms with van der Waals surface area (Å²) in [5, 5.41) is 3.07. The van der Waals surface area contributed by atoms with Crippen molar-refractivity contribution in [2.24, 2.45) is 11.1 Å². The van der Waals surface area contributed by atoms with E-state index in [1.165, 1.54) is 25.7 Å². The number of pyridine rings is 1. The first-order chi connectivity index (χ1) is 11.6. The lowest BCUT2D eigenvalue weighted by atomic mass is 9.81. The summed E-state index contributed by atoms with van der Waals surface area (Å²) in [6.45, 7) is 7.13. The lowest BCUT2D eigenvalue weighted by Crippen LogP contribution is -2.45. The number of aromatic nitrogens is 1. The molecule has 3 N–H and O–H groups in total. The summed E-state index contributed by atoms with van der Waals surface area (Å²) >= 11 is 0. The Hall–Kier alpha value is -1.62. The maximum Gasteiger partial charge on any atom is 0.227 e. The number of rotatable bonds is 7. The molecule has 0 bridgehead atoms. The van der Waals surface area contributed by atoms with Crippen molar-refractivity contribution in [1.29, 1.82) is 0 Å². The van der Waals surface area contributed by atoms with Crippen molar-refractivity contribution in [3.8, 4) is 0 Å². The molecule has 0 saturated carbocycles. The second-order valence-electron chi connectivity index (χ2n) is 6.80. The Bertz CT molecular complexity index is 512. The Kier molecular flexibility index (Phi) is 7.03. The third-order valence-electron chi connectivity index (χ3n) is 5.42. The van der Waals surface area contributed by atoms with Crippen LogP contribution in [0.5, 0.6) is 0 Å². The number of carbonyl (C=O) groups excluding carboxylic acids is 1. The average Bonchev–Trinajstić information content (AvgIpc) is 2.91. The number of carbonyl (C=O) groups is 1. The molecule has 1 saturated heterocycles. The van der Waals surface area contributed by atoms with Crippen molar-refractivity contribution in [2.45, 2.75) is 58.9 Å². The molecular weight excluding hydrogens is 300 g/mol. The minimum absolute atomic E-state index is 0.0585. The summed E-state index contributed by atoms with van der Waals surface area (Å²) in [4.78, 5) is 19.4. The van der Waals surface area contributed by atoms with Crippen LogP contribution in [0.1, 0.15) is 57.9 Å². The van der Waals surface area contributed by atoms with Crippen molar-refractivity contribution in [3.63, 3.8) is 0 Å². The summed E-state index contributed by atoms with van der Waals surface area (Å²) in [5.74, 6) is 1.09. The number of nitrogens with one attached hydrogen (secondary N) is 1. The van der Waals surface area contributed by atoms with Gasteiger partial charge in [-0.1, -0.05) is 26.7 Å². The Balaban J connectivity index is 2.00. The van der Waals surface area contributed by atoms with Gasteiger partial charge in [0, 0.05) is 32.4 Å². The van der Waals surface area contributed by atoms with E-state index in [0.29, 0.717) is 13.1 Å². The van der Waals surface area contributed by atoms with Crippen molar-refractivity contribution in [1.82, 2.24) is 10.3 Å². The van der Waals surface area contributed by atoms with Crippen molar-refractivity contribution in [2.75, 3.05) is 24.5 Å². The fraction of sp³-hybridized carbons (Fsp3) is 0.684. The van der Waals surface area contributed by atoms with Crippen LogP contribution in [0.4, 0.5) is 5.82 Å². The second kappa shape index (κ2) is 9.02. The van der Waals surface area contributed by atoms with E-state index in [4.69, 9.17) is 5.73 Å². The van der Waals surface area contributed by atoms with E-state index < -0.39 is 5.41 Å². The predicted octanol–water partition coefficient (Wildman–Crippen LogP) is 2.84. The van der Waals surface area contributed by atoms with Gasteiger partial charge in [0.15, 0.2) is 0 Å². The summed E-state index contributed by atoms with van der Waals surface area (Å²) in [5.41, 5.74) is 6.51. The summed E-state index contributed by atoms with van der Waals surface area (Å²) in [7, 11) is 0. The molecule has 134 valence electrons. The van der Waals surface area contributed by atoms with Crippen LogP contribution in [-0.4, -0.2) is 30.5 Å². The molecule has 24 heavy (non-hydrogen) atoms. The number of hydrogen-bond acceptors (Lipinski definition) is 4. The van der Waals surface area contributed by atoms with E-state index >= 15 is 0 Å². The normalized spacial score (nSPS) is 15.9. The number of nitrogens with zero attached hydrogens (tertiary/aromatic N) is 2. The lowest BCUT2D eigenvalue weighted by Gasteiger charge is -2.28. The fourth-order valence-corrected chi connectivity index (χ4v) is 3.37. The first kappa shape index (κ1) is 18.7. The molecule has 0 unspecified atom stereocenters. The van der Waals surface area contributed by atoms with Gasteiger partial charge in [0.25, 0.3) is 0 Å². The SMILES string of the molecule is CCC(CC)(CN)C(=O)NCc1ccnc(N2CCCCCC2)c1. The zero-order valence-corrected chi connectivity index (χ0v) is 15.2. The average molecular weight is 332 g/mol. The van der Waals surface area contributed by atoms with Crippen LogP contribution in [0.3, 0.4) is 0 Å². The number of anilines is 1. The fourth-order valence-electron chi connectivity index (χ4n) is 3.37. The molecule has 0 radical (unpaired) electrons. The smallest absolute Gasteiger partial charge is 0.227 e. The standard InChI is InChI=1S/C19H32N4O/c1-3-19(4-2,15-20)18(24)22-14-16-9-10-21-17(13-16)23-11-7-5-6-8-12-23/h9-10,13H,3-8,11-12,14-15,20H2,1-2H3,(H,22,24). The van der Waals surface area contributed by atoms with Crippen molar-refractivity contribution < 1.29 is 4.79 Å². The van der Waals surface area contributed by atoms with Crippen LogP contribution < -0.4 is 16.0 Å². The van der Waals surface area contributed by atoms with Gasteiger partial charge in [0.1, 0.15) is 5.82 Å². The second-order valence-corrected chi connectivity index (χ2v) is 6.80. The van der Waals surface area contributed by atoms with Crippen molar-refractivity contribution in [3.05, 3.63) is 23.9 Å². The molecule has 1 aromatic rings. The van der Waals surface area contributed by atoms with Crippen LogP contribution in [0.2, 0.25) is 0 Å². The van der Waals surface area contributed by atoms with Crippen LogP contribution >= 0.6 is 0 Å². The molecule has 5 nitrogen and oxygen atoms in total. The third kappa shape index (κ3) is 4.47. The molecule has 2 rings (SSSR count). The minimum atomic E-state index is -0.444. The minimum Gasteiger partial charge on any atom is -0.357 e. The third-order valence-corrected chi connectivity index (χ3v) is 5.42. The quantitative estimate of drug-likeness (QED) is 0.805. The van der Waals surface area contributed by atoms with Gasteiger partial charge in [-0.15, -0.1) is 0 Å². The summed E-state index contributed by atoms with van der Waals surface area (Å²) < 4.78 is 0. The zero-order chi connectivity index (χ0) is 17.4. The summed E-state index contributed by atoms with van der Waals surface area (Å²) in [6.07, 6.45) is 8.45. The van der Waals surface area contributed by atoms with E-state index in [2.05, 4.69) is 21.3 Å². The molecule has 2 heterocycles. The molecule has 1 amide bonds. The highest BCUT2D eigenvalue weighted by Gasteiger charge is 2.32. The maximum absolute atomic E-state index is 12.5. The van der Waals surface area contributed by atoms with Gasteiger partial charge in [-0.2, -0.15) is 0 Å². The predicted molar refractivity (Wildman–Crippen MR) is 98.8 cm³/mol. The van der Waals surface area contributed by atoms with Crippen molar-refractivity contribution >= 4 is 11.7 Å². The topological polar surface area (TPSA) is 71.2 Å². The molecule has 0 atom stereocenters. The first-order valence-corrected chi connectivity index (χ1v) is 9.33. The largest absolute Gasteiger partial charge is 0.357 e. The van der Waals surface area contributed by atoms with Gasteiger partial charge >= 0.3 is 0 Å². The van der Waals surface area contributed by atoms with E-state index in [0.717, 1.165) is 37.3 Å². The van der Waals surface area contributed by atoms with Gasteiger partial charge in [-0.25, -0.2) is 4.98 Å². The molecular formula is C19H32N4O. The van der Waals surface area contributed by atoms with Gasteiger partial charge in [-0.05, 0) is 43.4 Å². The van der Waals surface area contributed by atoms with E-state index in [9.17, 15) is 4.79 Å². The van der Waals surface area contributed by atoms with E-state index in [1.54, 1.807) is 0 Å². The molecule has 0 aromatic carbocycles. The summed E-state index contributed by atoms with van der Waals surface area (Å²) in [6, 6.07) is 4.08. The van der Waals surface area contributed by atoms with Gasteiger partial charge < -0.3 is 16.0 Å². The van der Waals surface area contributed by atoms with E-state index in [-0.39, 0.29) is 5.91 Å². The molecule has 0 aliphatic carbocycles. The lowest BCUT2D eigenvalue weighted by molar-refractivity contribution is -0.131. The van der Waals surface area contributed by atoms with Crippen LogP contribution in [0.25, 0.3) is 0 Å².